The fraction of sp³-hybridized carbons (Fsp3) is 0.688. The normalized spacial score (nSPS) is 33.1. The van der Waals surface area contributed by atoms with Crippen molar-refractivity contribution in [2.75, 3.05) is 13.7 Å². The summed E-state index contributed by atoms with van der Waals surface area (Å²) in [5.41, 5.74) is 1.28. The van der Waals surface area contributed by atoms with Gasteiger partial charge in [-0.1, -0.05) is 31.6 Å². The SMILES string of the molecule is CO[C@@H]1CC/C(C)=C/CC(C)(C)/C=C/C(=O)[C@H]1CO. The average Bonchev–Trinajstić information content (AvgIpc) is 2.39. The zero-order valence-corrected chi connectivity index (χ0v) is 12.5. The summed E-state index contributed by atoms with van der Waals surface area (Å²) in [6.07, 6.45) is 8.17. The van der Waals surface area contributed by atoms with Gasteiger partial charge in [-0.15, -0.1) is 0 Å². The van der Waals surface area contributed by atoms with E-state index in [1.54, 1.807) is 13.2 Å². The first-order valence-corrected chi connectivity index (χ1v) is 6.92. The lowest BCUT2D eigenvalue weighted by Crippen LogP contribution is -2.32. The molecule has 2 atom stereocenters. The average molecular weight is 266 g/mol. The summed E-state index contributed by atoms with van der Waals surface area (Å²) in [7, 11) is 1.60. The van der Waals surface area contributed by atoms with Crippen molar-refractivity contribution < 1.29 is 14.6 Å². The molecule has 1 aliphatic carbocycles. The Labute approximate surface area is 116 Å². The van der Waals surface area contributed by atoms with Gasteiger partial charge in [-0.05, 0) is 37.7 Å². The Kier molecular flexibility index (Phi) is 5.95. The molecule has 0 saturated carbocycles. The molecule has 3 nitrogen and oxygen atoms in total. The van der Waals surface area contributed by atoms with Crippen LogP contribution in [0, 0.1) is 11.3 Å². The van der Waals surface area contributed by atoms with Gasteiger partial charge in [0.05, 0.1) is 18.6 Å². The highest BCUT2D eigenvalue weighted by Crippen LogP contribution is 2.27. The monoisotopic (exact) mass is 266 g/mol. The van der Waals surface area contributed by atoms with Crippen LogP contribution >= 0.6 is 0 Å². The van der Waals surface area contributed by atoms with Gasteiger partial charge in [0.25, 0.3) is 0 Å². The number of ketones is 1. The molecule has 0 bridgehead atoms. The highest BCUT2D eigenvalue weighted by Gasteiger charge is 2.27. The van der Waals surface area contributed by atoms with Crippen LogP contribution in [0.1, 0.15) is 40.0 Å². The number of hydrogen-bond acceptors (Lipinski definition) is 3. The summed E-state index contributed by atoms with van der Waals surface area (Å²) in [5.74, 6) is -0.495. The zero-order valence-electron chi connectivity index (χ0n) is 12.5. The van der Waals surface area contributed by atoms with Crippen LogP contribution in [0.15, 0.2) is 23.8 Å². The van der Waals surface area contributed by atoms with Crippen LogP contribution in [0.3, 0.4) is 0 Å². The van der Waals surface area contributed by atoms with E-state index in [0.29, 0.717) is 0 Å². The van der Waals surface area contributed by atoms with Crippen LogP contribution in [0.25, 0.3) is 0 Å². The molecular formula is C16H26O3. The van der Waals surface area contributed by atoms with Gasteiger partial charge in [0, 0.05) is 7.11 Å². The number of allylic oxidation sites excluding steroid dienone is 4. The second kappa shape index (κ2) is 7.01. The first kappa shape index (κ1) is 16.1. The number of ether oxygens (including phenoxy) is 1. The highest BCUT2D eigenvalue weighted by molar-refractivity contribution is 5.92. The van der Waals surface area contributed by atoms with Crippen molar-refractivity contribution in [3.63, 3.8) is 0 Å². The van der Waals surface area contributed by atoms with E-state index in [1.807, 2.05) is 6.08 Å². The third-order valence-electron chi connectivity index (χ3n) is 3.81. The Morgan fingerprint density at radius 3 is 2.74 bits per heavy atom. The predicted octanol–water partition coefficient (Wildman–Crippen LogP) is 2.89. The van der Waals surface area contributed by atoms with Crippen molar-refractivity contribution in [3.8, 4) is 0 Å². The van der Waals surface area contributed by atoms with Crippen LogP contribution < -0.4 is 0 Å². The summed E-state index contributed by atoms with van der Waals surface area (Å²) in [6, 6.07) is 0. The number of carbonyl (C=O) groups is 1. The van der Waals surface area contributed by atoms with Crippen molar-refractivity contribution in [2.24, 2.45) is 11.3 Å². The van der Waals surface area contributed by atoms with E-state index < -0.39 is 5.92 Å². The molecule has 19 heavy (non-hydrogen) atoms. The first-order chi connectivity index (χ1) is 8.89. The number of rotatable bonds is 2. The quantitative estimate of drug-likeness (QED) is 0.782. The number of methoxy groups -OCH3 is 1. The molecule has 0 aromatic carbocycles. The zero-order chi connectivity index (χ0) is 14.5. The van der Waals surface area contributed by atoms with E-state index in [1.165, 1.54) is 5.57 Å². The van der Waals surface area contributed by atoms with Crippen LogP contribution in [-0.4, -0.2) is 30.7 Å². The summed E-state index contributed by atoms with van der Waals surface area (Å²) in [6.45, 7) is 6.17. The molecule has 0 radical (unpaired) electrons. The van der Waals surface area contributed by atoms with E-state index in [-0.39, 0.29) is 23.9 Å². The lowest BCUT2D eigenvalue weighted by Gasteiger charge is -2.22. The molecule has 0 amide bonds. The van der Waals surface area contributed by atoms with Gasteiger partial charge in [0.1, 0.15) is 0 Å². The van der Waals surface area contributed by atoms with Crippen LogP contribution in [0.2, 0.25) is 0 Å². The molecule has 0 spiro atoms. The number of carbonyl (C=O) groups excluding carboxylic acids is 1. The topological polar surface area (TPSA) is 46.5 Å². The maximum Gasteiger partial charge on any atom is 0.163 e. The third-order valence-corrected chi connectivity index (χ3v) is 3.81. The maximum atomic E-state index is 12.2. The van der Waals surface area contributed by atoms with Crippen molar-refractivity contribution in [3.05, 3.63) is 23.8 Å². The largest absolute Gasteiger partial charge is 0.396 e. The molecule has 1 aliphatic rings. The van der Waals surface area contributed by atoms with Crippen molar-refractivity contribution in [2.45, 2.75) is 46.1 Å². The summed E-state index contributed by atoms with van der Waals surface area (Å²) in [5, 5.41) is 9.46. The molecule has 1 rings (SSSR count). The molecule has 0 aromatic rings. The lowest BCUT2D eigenvalue weighted by molar-refractivity contribution is -0.124. The predicted molar refractivity (Wildman–Crippen MR) is 76.9 cm³/mol. The van der Waals surface area contributed by atoms with Gasteiger partial charge < -0.3 is 9.84 Å². The van der Waals surface area contributed by atoms with E-state index in [4.69, 9.17) is 4.74 Å². The van der Waals surface area contributed by atoms with Crippen molar-refractivity contribution >= 4 is 5.78 Å². The van der Waals surface area contributed by atoms with E-state index >= 15 is 0 Å². The fourth-order valence-corrected chi connectivity index (χ4v) is 2.28. The Morgan fingerprint density at radius 2 is 2.16 bits per heavy atom. The fourth-order valence-electron chi connectivity index (χ4n) is 2.28. The molecular weight excluding hydrogens is 240 g/mol. The van der Waals surface area contributed by atoms with Gasteiger partial charge in [0.15, 0.2) is 5.78 Å². The summed E-state index contributed by atoms with van der Waals surface area (Å²) >= 11 is 0. The van der Waals surface area contributed by atoms with Gasteiger partial charge >= 0.3 is 0 Å². The van der Waals surface area contributed by atoms with Gasteiger partial charge in [-0.2, -0.15) is 0 Å². The third kappa shape index (κ3) is 4.92. The Bertz CT molecular complexity index is 366. The molecule has 0 aliphatic heterocycles. The molecule has 3 heteroatoms. The van der Waals surface area contributed by atoms with Crippen molar-refractivity contribution in [1.82, 2.24) is 0 Å². The van der Waals surface area contributed by atoms with Gasteiger partial charge in [0.2, 0.25) is 0 Å². The highest BCUT2D eigenvalue weighted by atomic mass is 16.5. The smallest absolute Gasteiger partial charge is 0.163 e. The second-order valence-electron chi connectivity index (χ2n) is 6.08. The van der Waals surface area contributed by atoms with Crippen molar-refractivity contribution in [1.29, 1.82) is 0 Å². The minimum atomic E-state index is -0.456. The molecule has 108 valence electrons. The minimum Gasteiger partial charge on any atom is -0.396 e. The summed E-state index contributed by atoms with van der Waals surface area (Å²) in [4.78, 5) is 12.2. The molecule has 0 aromatic heterocycles. The van der Waals surface area contributed by atoms with E-state index in [9.17, 15) is 9.90 Å². The van der Waals surface area contributed by atoms with Crippen LogP contribution in [0.5, 0.6) is 0 Å². The maximum absolute atomic E-state index is 12.2. The number of aliphatic hydroxyl groups is 1. The number of hydrogen-bond donors (Lipinski definition) is 1. The number of aliphatic hydroxyl groups excluding tert-OH is 1. The molecule has 1 N–H and O–H groups in total. The summed E-state index contributed by atoms with van der Waals surface area (Å²) < 4.78 is 5.40. The molecule has 0 unspecified atom stereocenters. The first-order valence-electron chi connectivity index (χ1n) is 6.92. The Balaban J connectivity index is 3.01. The lowest BCUT2D eigenvalue weighted by atomic mass is 9.87. The van der Waals surface area contributed by atoms with E-state index in [0.717, 1.165) is 19.3 Å². The van der Waals surface area contributed by atoms with Crippen LogP contribution in [0.4, 0.5) is 0 Å². The van der Waals surface area contributed by atoms with Gasteiger partial charge in [-0.3, -0.25) is 4.79 Å². The van der Waals surface area contributed by atoms with E-state index in [2.05, 4.69) is 26.8 Å². The molecule has 0 saturated heterocycles. The minimum absolute atomic E-state index is 0.0379. The molecule has 0 fully saturated rings. The Morgan fingerprint density at radius 1 is 1.47 bits per heavy atom. The van der Waals surface area contributed by atoms with Gasteiger partial charge in [-0.25, -0.2) is 0 Å². The van der Waals surface area contributed by atoms with Crippen LogP contribution in [-0.2, 0) is 9.53 Å². The molecule has 0 heterocycles. The standard InChI is InChI=1S/C16H26O3/c1-12-5-6-15(19-4)13(11-17)14(18)8-10-16(2,3)9-7-12/h7-8,10,13,15,17H,5-6,9,11H2,1-4H3/b10-8+,12-7+/t13-,15-/m1/s1. The Hall–Kier alpha value is -0.930. The second-order valence-corrected chi connectivity index (χ2v) is 6.08.